The van der Waals surface area contributed by atoms with Crippen molar-refractivity contribution in [2.45, 2.75) is 6.92 Å². The fourth-order valence-corrected chi connectivity index (χ4v) is 2.19. The maximum Gasteiger partial charge on any atom is 0.256 e. The summed E-state index contributed by atoms with van der Waals surface area (Å²) < 4.78 is 14.2. The first-order chi connectivity index (χ1) is 8.97. The molecule has 0 spiro atoms. The van der Waals surface area contributed by atoms with Crippen molar-refractivity contribution >= 4 is 39.1 Å². The second kappa shape index (κ2) is 5.72. The first-order valence-electron chi connectivity index (χ1n) is 5.50. The van der Waals surface area contributed by atoms with Crippen molar-refractivity contribution in [2.24, 2.45) is 0 Å². The minimum Gasteiger partial charge on any atom is -0.319 e. The van der Waals surface area contributed by atoms with Gasteiger partial charge in [-0.25, -0.2) is 4.39 Å². The van der Waals surface area contributed by atoms with E-state index in [-0.39, 0.29) is 5.69 Å². The van der Waals surface area contributed by atoms with Gasteiger partial charge in [0.2, 0.25) is 0 Å². The van der Waals surface area contributed by atoms with Crippen LogP contribution in [0.2, 0.25) is 5.02 Å². The topological polar surface area (TPSA) is 29.1 Å². The van der Waals surface area contributed by atoms with E-state index in [0.717, 1.165) is 5.56 Å². The Balaban J connectivity index is 2.30. The molecular formula is C14H10BrClFNO. The number of amides is 1. The van der Waals surface area contributed by atoms with E-state index in [9.17, 15) is 9.18 Å². The van der Waals surface area contributed by atoms with Gasteiger partial charge in [-0.15, -0.1) is 0 Å². The largest absolute Gasteiger partial charge is 0.319 e. The summed E-state index contributed by atoms with van der Waals surface area (Å²) in [5.74, 6) is -0.893. The van der Waals surface area contributed by atoms with Crippen molar-refractivity contribution < 1.29 is 9.18 Å². The van der Waals surface area contributed by atoms with Crippen molar-refractivity contribution in [3.05, 3.63) is 62.8 Å². The fraction of sp³-hybridized carbons (Fsp3) is 0.0714. The van der Waals surface area contributed by atoms with Crippen molar-refractivity contribution in [1.29, 1.82) is 0 Å². The molecule has 0 aliphatic carbocycles. The minimum absolute atomic E-state index is 0.150. The van der Waals surface area contributed by atoms with E-state index in [2.05, 4.69) is 21.2 Å². The SMILES string of the molecule is Cc1ccc(F)c(NC(=O)c2cc(Cl)ccc2Br)c1. The van der Waals surface area contributed by atoms with E-state index < -0.39 is 11.7 Å². The van der Waals surface area contributed by atoms with Gasteiger partial charge in [-0.3, -0.25) is 4.79 Å². The molecule has 2 aromatic rings. The highest BCUT2D eigenvalue weighted by atomic mass is 79.9. The van der Waals surface area contributed by atoms with E-state index in [4.69, 9.17) is 11.6 Å². The van der Waals surface area contributed by atoms with Crippen LogP contribution in [0.4, 0.5) is 10.1 Å². The van der Waals surface area contributed by atoms with Crippen LogP contribution in [0.25, 0.3) is 0 Å². The number of hydrogen-bond acceptors (Lipinski definition) is 1. The van der Waals surface area contributed by atoms with Crippen molar-refractivity contribution in [3.8, 4) is 0 Å². The lowest BCUT2D eigenvalue weighted by Crippen LogP contribution is -2.13. The second-order valence-electron chi connectivity index (χ2n) is 4.06. The molecule has 1 amide bonds. The number of carbonyl (C=O) groups excluding carboxylic acids is 1. The van der Waals surface area contributed by atoms with Crippen LogP contribution in [-0.4, -0.2) is 5.91 Å². The number of halogens is 3. The predicted octanol–water partition coefficient (Wildman–Crippen LogP) is 4.80. The van der Waals surface area contributed by atoms with Crippen molar-refractivity contribution in [1.82, 2.24) is 0 Å². The van der Waals surface area contributed by atoms with E-state index in [1.807, 2.05) is 6.92 Å². The molecule has 0 aliphatic heterocycles. The van der Waals surface area contributed by atoms with Gasteiger partial charge in [0.1, 0.15) is 5.82 Å². The number of aryl methyl sites for hydroxylation is 1. The summed E-state index contributed by atoms with van der Waals surface area (Å²) in [5.41, 5.74) is 1.37. The molecule has 0 fully saturated rings. The molecule has 0 unspecified atom stereocenters. The van der Waals surface area contributed by atoms with Crippen LogP contribution in [0.15, 0.2) is 40.9 Å². The van der Waals surface area contributed by atoms with Crippen LogP contribution in [0, 0.1) is 12.7 Å². The summed E-state index contributed by atoms with van der Waals surface area (Å²) in [6.45, 7) is 1.82. The summed E-state index contributed by atoms with van der Waals surface area (Å²) in [6.07, 6.45) is 0. The molecule has 2 aromatic carbocycles. The Labute approximate surface area is 123 Å². The molecule has 98 valence electrons. The van der Waals surface area contributed by atoms with Crippen LogP contribution in [0.5, 0.6) is 0 Å². The van der Waals surface area contributed by atoms with Crippen LogP contribution in [0.1, 0.15) is 15.9 Å². The van der Waals surface area contributed by atoms with Gasteiger partial charge in [0.25, 0.3) is 5.91 Å². The smallest absolute Gasteiger partial charge is 0.256 e. The normalized spacial score (nSPS) is 10.3. The standard InChI is InChI=1S/C14H10BrClFNO/c1-8-2-5-12(17)13(6-8)18-14(19)10-7-9(16)3-4-11(10)15/h2-7H,1H3,(H,18,19). The minimum atomic E-state index is -0.475. The molecule has 0 saturated heterocycles. The molecule has 0 saturated carbocycles. The monoisotopic (exact) mass is 341 g/mol. The van der Waals surface area contributed by atoms with Crippen LogP contribution < -0.4 is 5.32 Å². The number of benzene rings is 2. The third-order valence-electron chi connectivity index (χ3n) is 2.54. The van der Waals surface area contributed by atoms with Crippen molar-refractivity contribution in [3.63, 3.8) is 0 Å². The maximum absolute atomic E-state index is 13.6. The highest BCUT2D eigenvalue weighted by Gasteiger charge is 2.13. The average molecular weight is 343 g/mol. The van der Waals surface area contributed by atoms with Gasteiger partial charge in [-0.1, -0.05) is 17.7 Å². The molecule has 0 radical (unpaired) electrons. The number of carbonyl (C=O) groups is 1. The lowest BCUT2D eigenvalue weighted by molar-refractivity contribution is 0.102. The zero-order valence-corrected chi connectivity index (χ0v) is 12.3. The Morgan fingerprint density at radius 3 is 2.74 bits per heavy atom. The first-order valence-corrected chi connectivity index (χ1v) is 6.67. The molecule has 2 rings (SSSR count). The van der Waals surface area contributed by atoms with Gasteiger partial charge in [0.05, 0.1) is 11.3 Å². The molecule has 0 aliphatic rings. The Hall–Kier alpha value is -1.39. The highest BCUT2D eigenvalue weighted by Crippen LogP contribution is 2.23. The number of hydrogen-bond donors (Lipinski definition) is 1. The Kier molecular flexibility index (Phi) is 4.22. The molecule has 19 heavy (non-hydrogen) atoms. The Morgan fingerprint density at radius 1 is 1.26 bits per heavy atom. The zero-order chi connectivity index (χ0) is 14.0. The number of rotatable bonds is 2. The molecular weight excluding hydrogens is 333 g/mol. The van der Waals surface area contributed by atoms with Crippen LogP contribution >= 0.6 is 27.5 Å². The van der Waals surface area contributed by atoms with Crippen LogP contribution in [-0.2, 0) is 0 Å². The van der Waals surface area contributed by atoms with E-state index in [1.165, 1.54) is 12.1 Å². The van der Waals surface area contributed by atoms with Gasteiger partial charge in [-0.2, -0.15) is 0 Å². The molecule has 0 heterocycles. The second-order valence-corrected chi connectivity index (χ2v) is 5.35. The lowest BCUT2D eigenvalue weighted by atomic mass is 10.2. The fourth-order valence-electron chi connectivity index (χ4n) is 1.60. The summed E-state index contributed by atoms with van der Waals surface area (Å²) in [7, 11) is 0. The van der Waals surface area contributed by atoms with Gasteiger partial charge in [0.15, 0.2) is 0 Å². The molecule has 1 N–H and O–H groups in total. The number of anilines is 1. The van der Waals surface area contributed by atoms with E-state index in [0.29, 0.717) is 15.1 Å². The van der Waals surface area contributed by atoms with Crippen molar-refractivity contribution in [2.75, 3.05) is 5.32 Å². The maximum atomic E-state index is 13.6. The third kappa shape index (κ3) is 3.33. The highest BCUT2D eigenvalue weighted by molar-refractivity contribution is 9.10. The van der Waals surface area contributed by atoms with E-state index >= 15 is 0 Å². The summed E-state index contributed by atoms with van der Waals surface area (Å²) >= 11 is 9.11. The third-order valence-corrected chi connectivity index (χ3v) is 3.47. The first kappa shape index (κ1) is 14.0. The summed E-state index contributed by atoms with van der Waals surface area (Å²) in [4.78, 5) is 12.1. The van der Waals surface area contributed by atoms with Gasteiger partial charge in [-0.05, 0) is 58.7 Å². The quantitative estimate of drug-likeness (QED) is 0.834. The molecule has 5 heteroatoms. The predicted molar refractivity (Wildman–Crippen MR) is 78.2 cm³/mol. The summed E-state index contributed by atoms with van der Waals surface area (Å²) in [5, 5.41) is 2.98. The van der Waals surface area contributed by atoms with E-state index in [1.54, 1.807) is 24.3 Å². The molecule has 2 nitrogen and oxygen atoms in total. The molecule has 0 aromatic heterocycles. The zero-order valence-electron chi connectivity index (χ0n) is 10.0. The summed E-state index contributed by atoms with van der Waals surface area (Å²) in [6, 6.07) is 9.39. The number of nitrogens with one attached hydrogen (secondary N) is 1. The van der Waals surface area contributed by atoms with Gasteiger partial charge in [0, 0.05) is 9.50 Å². The lowest BCUT2D eigenvalue weighted by Gasteiger charge is -2.09. The van der Waals surface area contributed by atoms with Gasteiger partial charge < -0.3 is 5.32 Å². The molecule has 0 atom stereocenters. The Morgan fingerprint density at radius 2 is 2.00 bits per heavy atom. The van der Waals surface area contributed by atoms with Gasteiger partial charge >= 0.3 is 0 Å². The average Bonchev–Trinajstić information content (AvgIpc) is 2.36. The van der Waals surface area contributed by atoms with Crippen LogP contribution in [0.3, 0.4) is 0 Å². The molecule has 0 bridgehead atoms. The Bertz CT molecular complexity index is 645.